The summed E-state index contributed by atoms with van der Waals surface area (Å²) in [4.78, 5) is 20.3. The van der Waals surface area contributed by atoms with E-state index in [0.29, 0.717) is 37.1 Å². The number of morpholine rings is 4. The number of nitrogens with one attached hydrogen (secondary N) is 2. The van der Waals surface area contributed by atoms with Crippen molar-refractivity contribution in [2.24, 2.45) is 11.5 Å². The Bertz CT molecular complexity index is 2240. The van der Waals surface area contributed by atoms with E-state index < -0.39 is 0 Å². The summed E-state index contributed by atoms with van der Waals surface area (Å²) in [5.74, 6) is 1.10. The van der Waals surface area contributed by atoms with Crippen LogP contribution in [0, 0.1) is 0 Å². The van der Waals surface area contributed by atoms with Gasteiger partial charge in [-0.2, -0.15) is 0 Å². The van der Waals surface area contributed by atoms with E-state index in [4.69, 9.17) is 58.4 Å². The number of benzene rings is 4. The summed E-state index contributed by atoms with van der Waals surface area (Å²) < 4.78 is 26.3. The van der Waals surface area contributed by atoms with E-state index in [1.54, 1.807) is 0 Å². The summed E-state index contributed by atoms with van der Waals surface area (Å²) in [6.07, 6.45) is 7.55. The average Bonchev–Trinajstić information content (AvgIpc) is 2.32. The Morgan fingerprint density at radius 3 is 0.853 bits per heavy atom. The molecule has 540 valence electrons. The molecular weight excluding hydrogens is 1330 g/mol. The van der Waals surface area contributed by atoms with Gasteiger partial charge in [0.2, 0.25) is 0 Å². The van der Waals surface area contributed by atoms with Crippen LogP contribution in [-0.4, -0.2) is 284 Å². The largest absolute Gasteiger partial charge is 0.379 e. The first-order chi connectivity index (χ1) is 44.9. The highest BCUT2D eigenvalue weighted by atomic mass is 35.5. The summed E-state index contributed by atoms with van der Waals surface area (Å²) in [5.41, 5.74) is 17.3. The Morgan fingerprint density at radius 2 is 0.611 bits per heavy atom. The van der Waals surface area contributed by atoms with Gasteiger partial charge >= 0.3 is 0 Å². The lowest BCUT2D eigenvalue weighted by Crippen LogP contribution is -2.44. The minimum atomic E-state index is 0. The lowest BCUT2D eigenvalue weighted by molar-refractivity contribution is 0.0183. The molecule has 0 aromatic heterocycles. The maximum Gasteiger partial charge on any atom is 0.0602 e. The van der Waals surface area contributed by atoms with Gasteiger partial charge in [0.1, 0.15) is 0 Å². The molecule has 10 heterocycles. The summed E-state index contributed by atoms with van der Waals surface area (Å²) in [5, 5.41) is 6.77. The standard InChI is InChI=1S/2C15H22N2O.2C11H16N2.2C8H16N2O.C4H8Cl2O.4ClH/c2*1-2-4-14(5-3-1)12-16-7-6-15(13-16)17-8-10-18-11-9-17;2*12-11-6-7-13(9-11)8-10-4-2-1-3-5-10;2*1-2-9-7-8(1)10-3-5-11-6-4-10;5-1-3-7-4-2-6;;;;/h2*1-5,15H,6-13H2;2*1-5,11H,6-9,12H2;2*8-9H,1-7H2;1-4H2;4*1H/t2*15-;2*11-;2*8-;;;;;/m101010...../s1. The Labute approximate surface area is 607 Å². The first-order valence-electron chi connectivity index (χ1n) is 34.8. The average molecular weight is 1450 g/mol. The van der Waals surface area contributed by atoms with Crippen LogP contribution >= 0.6 is 72.8 Å². The number of alkyl halides is 2. The highest BCUT2D eigenvalue weighted by Crippen LogP contribution is 2.22. The molecule has 0 bridgehead atoms. The molecule has 6 N–H and O–H groups in total. The van der Waals surface area contributed by atoms with E-state index >= 15 is 0 Å². The van der Waals surface area contributed by atoms with E-state index in [0.717, 1.165) is 195 Å². The minimum Gasteiger partial charge on any atom is -0.379 e. The van der Waals surface area contributed by atoms with Crippen LogP contribution in [-0.2, 0) is 49.9 Å². The van der Waals surface area contributed by atoms with Gasteiger partial charge in [0.25, 0.3) is 0 Å². The molecule has 0 spiro atoms. The van der Waals surface area contributed by atoms with Crippen LogP contribution in [0.4, 0.5) is 0 Å². The van der Waals surface area contributed by atoms with Gasteiger partial charge in [0.15, 0.2) is 0 Å². The van der Waals surface area contributed by atoms with Crippen molar-refractivity contribution in [3.05, 3.63) is 144 Å². The van der Waals surface area contributed by atoms with Crippen LogP contribution in [0.15, 0.2) is 121 Å². The number of ether oxygens (including phenoxy) is 5. The van der Waals surface area contributed by atoms with Gasteiger partial charge in [-0.1, -0.05) is 121 Å². The molecule has 0 radical (unpaired) electrons. The monoisotopic (exact) mass is 1440 g/mol. The molecule has 10 aliphatic heterocycles. The molecule has 4 aromatic carbocycles. The maximum absolute atomic E-state index is 5.84. The first kappa shape index (κ1) is 85.4. The molecular formula is C72H120Cl6N12O5. The Kier molecular flexibility index (Phi) is 46.7. The fourth-order valence-corrected chi connectivity index (χ4v) is 14.0. The number of nitrogens with two attached hydrogens (primary N) is 2. The first-order valence-corrected chi connectivity index (χ1v) is 35.9. The van der Waals surface area contributed by atoms with E-state index in [1.807, 2.05) is 0 Å². The number of hydrogen-bond donors (Lipinski definition) is 4. The highest BCUT2D eigenvalue weighted by Gasteiger charge is 2.31. The zero-order chi connectivity index (χ0) is 63.2. The highest BCUT2D eigenvalue weighted by molar-refractivity contribution is 6.18. The van der Waals surface area contributed by atoms with Crippen molar-refractivity contribution in [1.82, 2.24) is 49.8 Å². The molecule has 17 nitrogen and oxygen atoms in total. The van der Waals surface area contributed by atoms with Crippen LogP contribution in [0.2, 0.25) is 0 Å². The van der Waals surface area contributed by atoms with Crippen molar-refractivity contribution < 1.29 is 23.7 Å². The van der Waals surface area contributed by atoms with Gasteiger partial charge in [0.05, 0.1) is 66.1 Å². The second-order valence-corrected chi connectivity index (χ2v) is 26.5. The third-order valence-corrected chi connectivity index (χ3v) is 19.2. The third kappa shape index (κ3) is 34.0. The number of hydrogen-bond acceptors (Lipinski definition) is 17. The molecule has 23 heteroatoms. The van der Waals surface area contributed by atoms with E-state index in [1.165, 1.54) is 100 Å². The predicted octanol–water partition coefficient (Wildman–Crippen LogP) is 8.15. The smallest absolute Gasteiger partial charge is 0.0602 e. The van der Waals surface area contributed by atoms with Crippen molar-refractivity contribution in [3.63, 3.8) is 0 Å². The molecule has 0 aliphatic carbocycles. The van der Waals surface area contributed by atoms with Gasteiger partial charge in [-0.3, -0.25) is 39.2 Å². The lowest BCUT2D eigenvalue weighted by atomic mass is 10.2. The summed E-state index contributed by atoms with van der Waals surface area (Å²) >= 11 is 10.5. The van der Waals surface area contributed by atoms with Gasteiger partial charge in [0, 0.05) is 192 Å². The molecule has 95 heavy (non-hydrogen) atoms. The zero-order valence-electron chi connectivity index (χ0n) is 56.9. The normalized spacial score (nSPS) is 25.2. The topological polar surface area (TPSA) is 148 Å². The number of nitrogens with zero attached hydrogens (tertiary/aromatic N) is 8. The summed E-state index contributed by atoms with van der Waals surface area (Å²) in [7, 11) is 0. The Hall–Kier alpha value is -2.06. The van der Waals surface area contributed by atoms with Crippen molar-refractivity contribution in [1.29, 1.82) is 0 Å². The zero-order valence-corrected chi connectivity index (χ0v) is 61.7. The molecule has 10 saturated heterocycles. The predicted molar refractivity (Wildman–Crippen MR) is 402 cm³/mol. The molecule has 10 fully saturated rings. The lowest BCUT2D eigenvalue weighted by Gasteiger charge is -2.32. The summed E-state index contributed by atoms with van der Waals surface area (Å²) in [6, 6.07) is 46.6. The quantitative estimate of drug-likeness (QED) is 0.0631. The van der Waals surface area contributed by atoms with Gasteiger partial charge in [-0.05, 0) is 73.9 Å². The molecule has 0 saturated carbocycles. The van der Waals surface area contributed by atoms with Gasteiger partial charge < -0.3 is 45.8 Å². The van der Waals surface area contributed by atoms with E-state index in [2.05, 4.69) is 171 Å². The Balaban J connectivity index is 0.000000238. The summed E-state index contributed by atoms with van der Waals surface area (Å²) in [6.45, 7) is 35.9. The van der Waals surface area contributed by atoms with Crippen LogP contribution < -0.4 is 22.1 Å². The fraction of sp³-hybridized carbons (Fsp3) is 0.667. The molecule has 6 atom stereocenters. The molecule has 14 rings (SSSR count). The SMILES string of the molecule is C1C[C@@H](N2CCOCC2)CN1.C1C[C@H](N2CCOCC2)CN1.Cl.Cl.Cl.Cl.ClCCOCCCl.N[C@@H]1CCN(Cc2ccccc2)C1.N[C@H]1CCN(Cc2ccccc2)C1.c1ccc(CN2CC[C@@H](N3CCOCC3)C2)cc1.c1ccc(CN2CC[C@H](N3CCOCC3)C2)cc1. The van der Waals surface area contributed by atoms with Crippen molar-refractivity contribution in [2.75, 3.05) is 209 Å². The molecule has 10 aliphatic rings. The van der Waals surface area contributed by atoms with Crippen LogP contribution in [0.25, 0.3) is 0 Å². The van der Waals surface area contributed by atoms with Gasteiger partial charge in [-0.15, -0.1) is 72.8 Å². The minimum absolute atomic E-state index is 0. The number of likely N-dealkylation sites (tertiary alicyclic amines) is 4. The maximum atomic E-state index is 5.84. The number of halogens is 6. The number of rotatable bonds is 16. The molecule has 0 unspecified atom stereocenters. The molecule has 0 amide bonds. The van der Waals surface area contributed by atoms with Gasteiger partial charge in [-0.25, -0.2) is 0 Å². The second-order valence-electron chi connectivity index (χ2n) is 25.7. The Morgan fingerprint density at radius 1 is 0.347 bits per heavy atom. The van der Waals surface area contributed by atoms with Crippen LogP contribution in [0.1, 0.15) is 60.8 Å². The van der Waals surface area contributed by atoms with Crippen molar-refractivity contribution in [3.8, 4) is 0 Å². The van der Waals surface area contributed by atoms with Crippen LogP contribution in [0.5, 0.6) is 0 Å². The fourth-order valence-electron chi connectivity index (χ4n) is 13.8. The molecule has 4 aromatic rings. The van der Waals surface area contributed by atoms with Crippen LogP contribution in [0.3, 0.4) is 0 Å². The second kappa shape index (κ2) is 52.0. The third-order valence-electron chi connectivity index (χ3n) is 18.9. The van der Waals surface area contributed by atoms with E-state index in [9.17, 15) is 0 Å². The van der Waals surface area contributed by atoms with E-state index in [-0.39, 0.29) is 49.6 Å². The van der Waals surface area contributed by atoms with Crippen molar-refractivity contribution in [2.45, 2.75) is 101 Å². The van der Waals surface area contributed by atoms with Crippen molar-refractivity contribution >= 4 is 72.8 Å².